The van der Waals surface area contributed by atoms with Crippen molar-refractivity contribution in [3.63, 3.8) is 0 Å². The second-order valence-corrected chi connectivity index (χ2v) is 5.53. The molecule has 1 aromatic rings. The van der Waals surface area contributed by atoms with Gasteiger partial charge in [-0.2, -0.15) is 0 Å². The van der Waals surface area contributed by atoms with Crippen molar-refractivity contribution in [1.82, 2.24) is 0 Å². The van der Waals surface area contributed by atoms with Crippen molar-refractivity contribution in [2.24, 2.45) is 0 Å². The minimum absolute atomic E-state index is 0.139. The van der Waals surface area contributed by atoms with E-state index in [-0.39, 0.29) is 6.10 Å². The van der Waals surface area contributed by atoms with Gasteiger partial charge in [0, 0.05) is 10.6 Å². The molecule has 0 fully saturated rings. The van der Waals surface area contributed by atoms with E-state index in [4.69, 9.17) is 22.1 Å². The molecule has 0 aromatic heterocycles. The van der Waals surface area contributed by atoms with E-state index >= 15 is 0 Å². The van der Waals surface area contributed by atoms with E-state index in [0.717, 1.165) is 4.90 Å². The van der Waals surface area contributed by atoms with Crippen molar-refractivity contribution in [1.29, 1.82) is 0 Å². The number of anilines is 1. The van der Waals surface area contributed by atoms with Crippen molar-refractivity contribution in [2.45, 2.75) is 31.0 Å². The van der Waals surface area contributed by atoms with E-state index in [0.29, 0.717) is 23.1 Å². The van der Waals surface area contributed by atoms with E-state index in [9.17, 15) is 5.11 Å². The van der Waals surface area contributed by atoms with Gasteiger partial charge in [-0.3, -0.25) is 0 Å². The van der Waals surface area contributed by atoms with Crippen LogP contribution in [0.2, 0.25) is 5.02 Å². The van der Waals surface area contributed by atoms with Gasteiger partial charge in [0.15, 0.2) is 0 Å². The molecule has 0 aliphatic rings. The van der Waals surface area contributed by atoms with Gasteiger partial charge >= 0.3 is 0 Å². The molecule has 0 aliphatic heterocycles. The Bertz CT molecular complexity index is 360. The van der Waals surface area contributed by atoms with Gasteiger partial charge in [0.25, 0.3) is 0 Å². The molecule has 17 heavy (non-hydrogen) atoms. The predicted molar refractivity (Wildman–Crippen MR) is 73.7 cm³/mol. The molecule has 0 aliphatic carbocycles. The van der Waals surface area contributed by atoms with Gasteiger partial charge in [-0.15, -0.1) is 11.8 Å². The number of thioether (sulfide) groups is 1. The molecule has 3 nitrogen and oxygen atoms in total. The molecule has 1 aromatic carbocycles. The summed E-state index contributed by atoms with van der Waals surface area (Å²) < 4.78 is 5.33. The maximum Gasteiger partial charge on any atom is 0.0867 e. The van der Waals surface area contributed by atoms with Crippen molar-refractivity contribution >= 4 is 29.1 Å². The quantitative estimate of drug-likeness (QED) is 0.619. The average molecular weight is 276 g/mol. The molecule has 0 radical (unpaired) electrons. The van der Waals surface area contributed by atoms with Gasteiger partial charge in [0.2, 0.25) is 0 Å². The van der Waals surface area contributed by atoms with E-state index < -0.39 is 6.10 Å². The predicted octanol–water partition coefficient (Wildman–Crippen LogP) is 2.80. The molecule has 3 N–H and O–H groups in total. The van der Waals surface area contributed by atoms with E-state index in [2.05, 4.69) is 0 Å². The summed E-state index contributed by atoms with van der Waals surface area (Å²) in [7, 11) is 0. The Kier molecular flexibility index (Phi) is 6.12. The number of nitrogen functional groups attached to an aromatic ring is 1. The Morgan fingerprint density at radius 2 is 2.18 bits per heavy atom. The largest absolute Gasteiger partial charge is 0.398 e. The van der Waals surface area contributed by atoms with Crippen LogP contribution in [0.15, 0.2) is 23.1 Å². The van der Waals surface area contributed by atoms with Crippen molar-refractivity contribution in [3.8, 4) is 0 Å². The molecule has 0 bridgehead atoms. The summed E-state index contributed by atoms with van der Waals surface area (Å²) in [5.41, 5.74) is 6.18. The van der Waals surface area contributed by atoms with Crippen molar-refractivity contribution in [2.75, 3.05) is 18.1 Å². The summed E-state index contributed by atoms with van der Waals surface area (Å²) in [5, 5.41) is 10.2. The summed E-state index contributed by atoms with van der Waals surface area (Å²) in [6.07, 6.45) is -0.334. The number of nitrogens with two attached hydrogens (primary N) is 1. The van der Waals surface area contributed by atoms with E-state index in [1.807, 2.05) is 19.9 Å². The summed E-state index contributed by atoms with van der Waals surface area (Å²) in [5.74, 6) is 0.576. The van der Waals surface area contributed by atoms with Crippen LogP contribution in [0.25, 0.3) is 0 Å². The normalized spacial score (nSPS) is 13.0. The van der Waals surface area contributed by atoms with Crippen LogP contribution in [-0.4, -0.2) is 29.7 Å². The zero-order valence-corrected chi connectivity index (χ0v) is 11.6. The van der Waals surface area contributed by atoms with E-state index in [1.165, 1.54) is 11.8 Å². The summed E-state index contributed by atoms with van der Waals surface area (Å²) in [6.45, 7) is 4.24. The Labute approximate surface area is 111 Å². The highest BCUT2D eigenvalue weighted by molar-refractivity contribution is 7.99. The highest BCUT2D eigenvalue weighted by atomic mass is 35.5. The fourth-order valence-electron chi connectivity index (χ4n) is 1.14. The number of aliphatic hydroxyl groups is 1. The van der Waals surface area contributed by atoms with Crippen molar-refractivity contribution in [3.05, 3.63) is 23.2 Å². The third kappa shape index (κ3) is 5.64. The van der Waals surface area contributed by atoms with Crippen LogP contribution in [0.3, 0.4) is 0 Å². The molecule has 0 amide bonds. The minimum atomic E-state index is -0.473. The number of hydrogen-bond acceptors (Lipinski definition) is 4. The zero-order valence-electron chi connectivity index (χ0n) is 10.0. The lowest BCUT2D eigenvalue weighted by Gasteiger charge is -2.13. The molecule has 1 unspecified atom stereocenters. The number of rotatable bonds is 6. The first-order valence-corrected chi connectivity index (χ1v) is 6.83. The molecule has 1 atom stereocenters. The Balaban J connectivity index is 2.36. The van der Waals surface area contributed by atoms with Crippen LogP contribution < -0.4 is 5.73 Å². The standard InChI is InChI=1S/C12H18ClNO2S/c1-8(2)16-6-9(15)7-17-10-3-4-12(14)11(13)5-10/h3-5,8-9,15H,6-7,14H2,1-2H3. The molecule has 96 valence electrons. The van der Waals surface area contributed by atoms with Crippen LogP contribution in [0.1, 0.15) is 13.8 Å². The van der Waals surface area contributed by atoms with Crippen molar-refractivity contribution < 1.29 is 9.84 Å². The number of halogens is 1. The first-order valence-electron chi connectivity index (χ1n) is 5.46. The van der Waals surface area contributed by atoms with Gasteiger partial charge in [0.1, 0.15) is 0 Å². The highest BCUT2D eigenvalue weighted by Gasteiger charge is 2.07. The Hall–Kier alpha value is -0.420. The highest BCUT2D eigenvalue weighted by Crippen LogP contribution is 2.26. The summed E-state index contributed by atoms with van der Waals surface area (Å²) >= 11 is 7.44. The van der Waals surface area contributed by atoms with Crippen LogP contribution in [0.4, 0.5) is 5.69 Å². The summed E-state index contributed by atoms with van der Waals surface area (Å²) in [4.78, 5) is 0.993. The first-order chi connectivity index (χ1) is 7.99. The fraction of sp³-hybridized carbons (Fsp3) is 0.500. The molecule has 5 heteroatoms. The summed E-state index contributed by atoms with van der Waals surface area (Å²) in [6, 6.07) is 5.46. The lowest BCUT2D eigenvalue weighted by Crippen LogP contribution is -2.20. The lowest BCUT2D eigenvalue weighted by atomic mass is 10.3. The third-order valence-corrected chi connectivity index (χ3v) is 3.50. The molecule has 0 heterocycles. The molecule has 0 saturated heterocycles. The van der Waals surface area contributed by atoms with Gasteiger partial charge in [-0.1, -0.05) is 11.6 Å². The number of aliphatic hydroxyl groups excluding tert-OH is 1. The third-order valence-electron chi connectivity index (χ3n) is 2.04. The molecular weight excluding hydrogens is 258 g/mol. The van der Waals surface area contributed by atoms with Gasteiger partial charge < -0.3 is 15.6 Å². The first kappa shape index (κ1) is 14.6. The van der Waals surface area contributed by atoms with Gasteiger partial charge in [0.05, 0.1) is 29.5 Å². The number of hydrogen-bond donors (Lipinski definition) is 2. The maximum absolute atomic E-state index is 9.68. The Morgan fingerprint density at radius 3 is 2.76 bits per heavy atom. The Morgan fingerprint density at radius 1 is 1.47 bits per heavy atom. The van der Waals surface area contributed by atoms with Crippen LogP contribution in [-0.2, 0) is 4.74 Å². The molecule has 0 saturated carbocycles. The van der Waals surface area contributed by atoms with Gasteiger partial charge in [-0.25, -0.2) is 0 Å². The molecule has 1 rings (SSSR count). The van der Waals surface area contributed by atoms with Gasteiger partial charge in [-0.05, 0) is 32.0 Å². The monoisotopic (exact) mass is 275 g/mol. The van der Waals surface area contributed by atoms with Crippen LogP contribution in [0.5, 0.6) is 0 Å². The van der Waals surface area contributed by atoms with E-state index in [1.54, 1.807) is 12.1 Å². The second-order valence-electron chi connectivity index (χ2n) is 4.03. The second kappa shape index (κ2) is 7.11. The molecule has 0 spiro atoms. The maximum atomic E-state index is 9.68. The van der Waals surface area contributed by atoms with Crippen LogP contribution >= 0.6 is 23.4 Å². The zero-order chi connectivity index (χ0) is 12.8. The average Bonchev–Trinajstić information content (AvgIpc) is 2.28. The number of benzene rings is 1. The lowest BCUT2D eigenvalue weighted by molar-refractivity contribution is 0.0152. The topological polar surface area (TPSA) is 55.5 Å². The fourth-order valence-corrected chi connectivity index (χ4v) is 2.23. The minimum Gasteiger partial charge on any atom is -0.398 e. The SMILES string of the molecule is CC(C)OCC(O)CSc1ccc(N)c(Cl)c1. The number of ether oxygens (including phenoxy) is 1. The van der Waals surface area contributed by atoms with Crippen LogP contribution in [0, 0.1) is 0 Å². The molecular formula is C12H18ClNO2S. The smallest absolute Gasteiger partial charge is 0.0867 e.